The number of nitrogens with zero attached hydrogens (tertiary/aromatic N) is 6. The van der Waals surface area contributed by atoms with Crippen molar-refractivity contribution in [3.05, 3.63) is 53.9 Å². The Hall–Kier alpha value is -4.48. The van der Waals surface area contributed by atoms with Gasteiger partial charge in [-0.25, -0.2) is 24.1 Å². The maximum Gasteiger partial charge on any atom is 0.410 e. The Morgan fingerprint density at radius 1 is 1.12 bits per heavy atom. The van der Waals surface area contributed by atoms with Gasteiger partial charge in [0, 0.05) is 48.8 Å². The minimum absolute atomic E-state index is 0.0246. The van der Waals surface area contributed by atoms with Gasteiger partial charge in [0.25, 0.3) is 5.91 Å². The summed E-state index contributed by atoms with van der Waals surface area (Å²) in [4.78, 5) is 42.9. The van der Waals surface area contributed by atoms with E-state index in [1.165, 1.54) is 10.5 Å². The zero-order valence-corrected chi connectivity index (χ0v) is 23.4. The molecule has 210 valence electrons. The van der Waals surface area contributed by atoms with E-state index in [0.717, 1.165) is 5.69 Å². The molecule has 0 aliphatic carbocycles. The lowest BCUT2D eigenvalue weighted by Gasteiger charge is -2.45. The fourth-order valence-electron chi connectivity index (χ4n) is 5.22. The molecule has 4 heterocycles. The third-order valence-electron chi connectivity index (χ3n) is 6.74. The van der Waals surface area contributed by atoms with Crippen molar-refractivity contribution in [3.63, 3.8) is 0 Å². The second kappa shape index (κ2) is 9.92. The number of carbonyl (C=O) groups excluding carboxylic acids is 2. The minimum atomic E-state index is -0.591. The number of hydrogen-bond acceptors (Lipinski definition) is 8. The summed E-state index contributed by atoms with van der Waals surface area (Å²) in [5.74, 6) is -0.996. The van der Waals surface area contributed by atoms with Crippen molar-refractivity contribution in [2.24, 2.45) is 0 Å². The van der Waals surface area contributed by atoms with Gasteiger partial charge in [0.2, 0.25) is 5.95 Å². The molecular formula is C28H33FN8O3. The molecule has 0 bridgehead atoms. The van der Waals surface area contributed by atoms with Gasteiger partial charge in [0.1, 0.15) is 5.60 Å². The normalized spacial score (nSPS) is 17.9. The lowest BCUT2D eigenvalue weighted by molar-refractivity contribution is 0.00567. The van der Waals surface area contributed by atoms with Crippen LogP contribution in [0.4, 0.5) is 26.5 Å². The molecule has 11 nitrogen and oxygen atoms in total. The Labute approximate surface area is 231 Å². The smallest absolute Gasteiger partial charge is 0.410 e. The highest BCUT2D eigenvalue weighted by atomic mass is 19.1. The highest BCUT2D eigenvalue weighted by Gasteiger charge is 2.36. The van der Waals surface area contributed by atoms with Crippen LogP contribution >= 0.6 is 0 Å². The number of aryl methyl sites for hydroxylation is 1. The van der Waals surface area contributed by atoms with Crippen molar-refractivity contribution in [3.8, 4) is 0 Å². The number of benzene rings is 1. The van der Waals surface area contributed by atoms with Crippen molar-refractivity contribution >= 4 is 45.9 Å². The number of halogens is 1. The SMILES string of the molecule is Cc1cn2cc(NC(=O)c3ccc(N4C[C@@H](C)N(C(=O)OC(C)(C)C)[C@@H](C)C4)c4cnc(N)nc34)cc(F)c2n1. The van der Waals surface area contributed by atoms with E-state index in [0.29, 0.717) is 29.7 Å². The summed E-state index contributed by atoms with van der Waals surface area (Å²) in [6, 6.07) is 4.46. The van der Waals surface area contributed by atoms with Crippen LogP contribution in [-0.2, 0) is 4.74 Å². The predicted octanol–water partition coefficient (Wildman–Crippen LogP) is 4.39. The van der Waals surface area contributed by atoms with Crippen LogP contribution in [0.3, 0.4) is 0 Å². The standard InChI is InChI=1S/C28H33FN8O3/c1-15-11-36-14-18(9-21(29)24(36)32-15)33-25(38)19-7-8-22(20-10-31-26(30)34-23(19)20)35-12-16(2)37(17(3)13-35)27(39)40-28(4,5)6/h7-11,14,16-17H,12-13H2,1-6H3,(H,33,38)(H2,30,31,34)/t16-,17+. The van der Waals surface area contributed by atoms with Crippen molar-refractivity contribution in [2.75, 3.05) is 29.0 Å². The molecule has 2 atom stereocenters. The fraction of sp³-hybridized carbons (Fsp3) is 0.393. The zero-order chi connectivity index (χ0) is 28.9. The summed E-state index contributed by atoms with van der Waals surface area (Å²) in [6.07, 6.45) is 4.53. The quantitative estimate of drug-likeness (QED) is 0.385. The van der Waals surface area contributed by atoms with E-state index in [-0.39, 0.29) is 41.0 Å². The van der Waals surface area contributed by atoms with Gasteiger partial charge in [-0.1, -0.05) is 0 Å². The summed E-state index contributed by atoms with van der Waals surface area (Å²) in [5.41, 5.74) is 7.89. The first kappa shape index (κ1) is 27.1. The Bertz CT molecular complexity index is 1620. The number of imidazole rings is 1. The van der Waals surface area contributed by atoms with Crippen LogP contribution in [0.25, 0.3) is 16.6 Å². The number of pyridine rings is 1. The molecule has 4 aromatic rings. The number of hydrogen-bond donors (Lipinski definition) is 2. The summed E-state index contributed by atoms with van der Waals surface area (Å²) >= 11 is 0. The number of rotatable bonds is 3. The molecule has 0 radical (unpaired) electrons. The van der Waals surface area contributed by atoms with Crippen LogP contribution < -0.4 is 16.0 Å². The second-order valence-corrected chi connectivity index (χ2v) is 11.3. The number of amides is 2. The molecule has 1 aliphatic heterocycles. The van der Waals surface area contributed by atoms with Crippen molar-refractivity contribution in [1.29, 1.82) is 0 Å². The average Bonchev–Trinajstić information content (AvgIpc) is 3.22. The number of anilines is 3. The van der Waals surface area contributed by atoms with E-state index >= 15 is 0 Å². The highest BCUT2D eigenvalue weighted by molar-refractivity contribution is 6.14. The molecule has 0 saturated carbocycles. The zero-order valence-electron chi connectivity index (χ0n) is 23.4. The van der Waals surface area contributed by atoms with Gasteiger partial charge in [0.05, 0.1) is 34.5 Å². The molecule has 0 spiro atoms. The Morgan fingerprint density at radius 2 is 1.82 bits per heavy atom. The van der Waals surface area contributed by atoms with Gasteiger partial charge < -0.3 is 25.1 Å². The third-order valence-corrected chi connectivity index (χ3v) is 6.74. The number of nitrogens with two attached hydrogens (primary N) is 1. The van der Waals surface area contributed by atoms with Gasteiger partial charge in [-0.15, -0.1) is 0 Å². The van der Waals surface area contributed by atoms with E-state index in [9.17, 15) is 14.0 Å². The molecule has 1 aromatic carbocycles. The lowest BCUT2D eigenvalue weighted by atomic mass is 10.0. The summed E-state index contributed by atoms with van der Waals surface area (Å²) in [5, 5.41) is 3.40. The first-order valence-electron chi connectivity index (χ1n) is 13.1. The van der Waals surface area contributed by atoms with Gasteiger partial charge in [0.15, 0.2) is 11.5 Å². The Balaban J connectivity index is 1.44. The summed E-state index contributed by atoms with van der Waals surface area (Å²) in [7, 11) is 0. The molecule has 12 heteroatoms. The fourth-order valence-corrected chi connectivity index (χ4v) is 5.22. The monoisotopic (exact) mass is 548 g/mol. The number of ether oxygens (including phenoxy) is 1. The first-order valence-corrected chi connectivity index (χ1v) is 13.1. The van der Waals surface area contributed by atoms with E-state index in [1.54, 1.807) is 36.5 Å². The predicted molar refractivity (Wildman–Crippen MR) is 151 cm³/mol. The number of nitrogen functional groups attached to an aromatic ring is 1. The Kier molecular flexibility index (Phi) is 6.72. The minimum Gasteiger partial charge on any atom is -0.444 e. The second-order valence-electron chi connectivity index (χ2n) is 11.3. The lowest BCUT2D eigenvalue weighted by Crippen LogP contribution is -2.59. The number of aromatic nitrogens is 4. The van der Waals surface area contributed by atoms with Crippen molar-refractivity contribution in [1.82, 2.24) is 24.3 Å². The van der Waals surface area contributed by atoms with Crippen LogP contribution in [0.2, 0.25) is 0 Å². The van der Waals surface area contributed by atoms with E-state index < -0.39 is 17.3 Å². The molecule has 0 unspecified atom stereocenters. The largest absolute Gasteiger partial charge is 0.444 e. The molecular weight excluding hydrogens is 515 g/mol. The molecule has 1 saturated heterocycles. The molecule has 2 amide bonds. The Morgan fingerprint density at radius 3 is 2.50 bits per heavy atom. The van der Waals surface area contributed by atoms with Gasteiger partial charge in [-0.3, -0.25) is 9.69 Å². The van der Waals surface area contributed by atoms with Gasteiger partial charge in [-0.2, -0.15) is 0 Å². The number of fused-ring (bicyclic) bond motifs is 2. The maximum atomic E-state index is 14.6. The molecule has 3 aromatic heterocycles. The van der Waals surface area contributed by atoms with Crippen LogP contribution in [0.15, 0.2) is 36.8 Å². The van der Waals surface area contributed by atoms with Gasteiger partial charge >= 0.3 is 6.09 Å². The van der Waals surface area contributed by atoms with Crippen molar-refractivity contribution < 1.29 is 18.7 Å². The number of carbonyl (C=O) groups is 2. The van der Waals surface area contributed by atoms with Crippen LogP contribution in [-0.4, -0.2) is 67.0 Å². The van der Waals surface area contributed by atoms with E-state index in [2.05, 4.69) is 25.2 Å². The molecule has 1 fully saturated rings. The summed E-state index contributed by atoms with van der Waals surface area (Å²) in [6.45, 7) is 12.3. The van der Waals surface area contributed by atoms with Crippen LogP contribution in [0.1, 0.15) is 50.7 Å². The number of nitrogens with one attached hydrogen (secondary N) is 1. The third kappa shape index (κ3) is 5.21. The summed E-state index contributed by atoms with van der Waals surface area (Å²) < 4.78 is 21.7. The molecule has 1 aliphatic rings. The first-order chi connectivity index (χ1) is 18.8. The topological polar surface area (TPSA) is 131 Å². The van der Waals surface area contributed by atoms with Crippen LogP contribution in [0.5, 0.6) is 0 Å². The van der Waals surface area contributed by atoms with Crippen LogP contribution in [0, 0.1) is 12.7 Å². The average molecular weight is 549 g/mol. The van der Waals surface area contributed by atoms with E-state index in [1.807, 2.05) is 40.7 Å². The van der Waals surface area contributed by atoms with E-state index in [4.69, 9.17) is 10.5 Å². The highest BCUT2D eigenvalue weighted by Crippen LogP contribution is 2.32. The maximum absolute atomic E-state index is 14.6. The molecule has 40 heavy (non-hydrogen) atoms. The van der Waals surface area contributed by atoms with Gasteiger partial charge in [-0.05, 0) is 53.7 Å². The number of piperazine rings is 1. The molecule has 5 rings (SSSR count). The molecule has 3 N–H and O–H groups in total. The van der Waals surface area contributed by atoms with Crippen molar-refractivity contribution in [2.45, 2.75) is 59.2 Å².